The lowest BCUT2D eigenvalue weighted by atomic mass is 9.92. The maximum Gasteiger partial charge on any atom is 0.211 e. The van der Waals surface area contributed by atoms with Crippen LogP contribution in [0.15, 0.2) is 158 Å². The van der Waals surface area contributed by atoms with Crippen LogP contribution in [0.25, 0.3) is 86.9 Å². The maximum atomic E-state index is 8.21. The molecule has 9 aromatic rings. The number of benzene rings is 7. The molecule has 4 nitrogen and oxygen atoms in total. The Morgan fingerprint density at radius 1 is 0.396 bits per heavy atom. The smallest absolute Gasteiger partial charge is 0.211 e. The molecule has 2 aromatic heterocycles. The molecule has 48 heavy (non-hydrogen) atoms. The van der Waals surface area contributed by atoms with Gasteiger partial charge in [0.15, 0.2) is 5.69 Å². The predicted molar refractivity (Wildman–Crippen MR) is 199 cm³/mol. The van der Waals surface area contributed by atoms with Crippen molar-refractivity contribution in [1.29, 1.82) is 0 Å². The molecule has 222 valence electrons. The lowest BCUT2D eigenvalue weighted by Crippen LogP contribution is -1.98. The average Bonchev–Trinajstić information content (AvgIpc) is 3.68. The first-order chi connectivity index (χ1) is 23.8. The van der Waals surface area contributed by atoms with Crippen molar-refractivity contribution in [3.63, 3.8) is 0 Å². The van der Waals surface area contributed by atoms with Crippen LogP contribution in [0.1, 0.15) is 0 Å². The highest BCUT2D eigenvalue weighted by molar-refractivity contribution is 6.13. The van der Waals surface area contributed by atoms with E-state index in [1.165, 1.54) is 10.8 Å². The van der Waals surface area contributed by atoms with Crippen molar-refractivity contribution in [2.75, 3.05) is 0 Å². The first kappa shape index (κ1) is 27.4. The van der Waals surface area contributed by atoms with Gasteiger partial charge in [0.1, 0.15) is 0 Å². The van der Waals surface area contributed by atoms with Gasteiger partial charge in [0.05, 0.1) is 40.9 Å². The van der Waals surface area contributed by atoms with Crippen molar-refractivity contribution >= 4 is 55.0 Å². The number of aromatic nitrogens is 2. The molecule has 7 aromatic carbocycles. The molecule has 0 amide bonds. The lowest BCUT2D eigenvalue weighted by Gasteiger charge is -2.18. The zero-order valence-electron chi connectivity index (χ0n) is 25.8. The SMILES string of the molecule is [C-]#[N+]c1cccc(-c2ccc(-n3c4ccccc4c4cccc([N+]#[C-])c43)cc2)c1-c1ccccc1-n1c2ccccc2c2ccccc21. The molecule has 0 atom stereocenters. The summed E-state index contributed by atoms with van der Waals surface area (Å²) in [6.45, 7) is 16.1. The molecule has 0 aliphatic heterocycles. The molecule has 0 aliphatic rings. The highest BCUT2D eigenvalue weighted by Gasteiger charge is 2.20. The number of nitrogens with zero attached hydrogens (tertiary/aromatic N) is 4. The fraction of sp³-hybridized carbons (Fsp3) is 0. The van der Waals surface area contributed by atoms with Crippen LogP contribution in [0.5, 0.6) is 0 Å². The van der Waals surface area contributed by atoms with Gasteiger partial charge < -0.3 is 9.13 Å². The molecule has 0 N–H and O–H groups in total. The Bertz CT molecular complexity index is 2750. The molecule has 0 saturated heterocycles. The van der Waals surface area contributed by atoms with Crippen molar-refractivity contribution in [3.05, 3.63) is 181 Å². The second-order valence-corrected chi connectivity index (χ2v) is 11.9. The number of hydrogen-bond donors (Lipinski definition) is 0. The molecule has 0 fully saturated rings. The number of para-hydroxylation sites is 5. The Kier molecular flexibility index (Phi) is 6.22. The Labute approximate surface area is 277 Å². The third kappa shape index (κ3) is 4.01. The molecule has 9 rings (SSSR count). The van der Waals surface area contributed by atoms with E-state index >= 15 is 0 Å². The molecule has 2 heterocycles. The van der Waals surface area contributed by atoms with Gasteiger partial charge >= 0.3 is 0 Å². The van der Waals surface area contributed by atoms with Gasteiger partial charge in [-0.2, -0.15) is 0 Å². The van der Waals surface area contributed by atoms with E-state index in [-0.39, 0.29) is 0 Å². The minimum Gasteiger partial charge on any atom is -0.319 e. The maximum absolute atomic E-state index is 8.21. The molecule has 0 spiro atoms. The monoisotopic (exact) mass is 610 g/mol. The first-order valence-corrected chi connectivity index (χ1v) is 15.9. The van der Waals surface area contributed by atoms with E-state index in [1.807, 2.05) is 36.4 Å². The molecule has 0 aliphatic carbocycles. The summed E-state index contributed by atoms with van der Waals surface area (Å²) in [5.74, 6) is 0. The van der Waals surface area contributed by atoms with Crippen molar-refractivity contribution in [2.24, 2.45) is 0 Å². The van der Waals surface area contributed by atoms with Crippen LogP contribution in [0, 0.1) is 13.1 Å². The summed E-state index contributed by atoms with van der Waals surface area (Å²) in [5.41, 5.74) is 11.4. The van der Waals surface area contributed by atoms with Gasteiger partial charge in [-0.3, -0.25) is 0 Å². The van der Waals surface area contributed by atoms with Crippen LogP contribution in [0.3, 0.4) is 0 Å². The number of hydrogen-bond acceptors (Lipinski definition) is 0. The van der Waals surface area contributed by atoms with Crippen LogP contribution >= 0.6 is 0 Å². The molecule has 0 radical (unpaired) electrons. The van der Waals surface area contributed by atoms with Gasteiger partial charge in [0.25, 0.3) is 0 Å². The summed E-state index contributed by atoms with van der Waals surface area (Å²) in [6.07, 6.45) is 0. The summed E-state index contributed by atoms with van der Waals surface area (Å²) in [4.78, 5) is 7.91. The van der Waals surface area contributed by atoms with E-state index < -0.39 is 0 Å². The van der Waals surface area contributed by atoms with Crippen molar-refractivity contribution < 1.29 is 0 Å². The fourth-order valence-electron chi connectivity index (χ4n) is 7.37. The summed E-state index contributed by atoms with van der Waals surface area (Å²) in [7, 11) is 0. The lowest BCUT2D eigenvalue weighted by molar-refractivity contribution is 1.18. The third-order valence-electron chi connectivity index (χ3n) is 9.39. The first-order valence-electron chi connectivity index (χ1n) is 15.9. The van der Waals surface area contributed by atoms with E-state index in [0.717, 1.165) is 66.5 Å². The molecule has 0 bridgehead atoms. The Balaban J connectivity index is 1.25. The predicted octanol–water partition coefficient (Wildman–Crippen LogP) is 12.3. The normalized spacial score (nSPS) is 11.3. The number of fused-ring (bicyclic) bond motifs is 6. The van der Waals surface area contributed by atoms with E-state index in [1.54, 1.807) is 0 Å². The number of rotatable bonds is 4. The van der Waals surface area contributed by atoms with Crippen LogP contribution < -0.4 is 0 Å². The van der Waals surface area contributed by atoms with Gasteiger partial charge in [-0.05, 0) is 64.0 Å². The van der Waals surface area contributed by atoms with Gasteiger partial charge in [0.2, 0.25) is 5.69 Å². The highest BCUT2D eigenvalue weighted by atomic mass is 15.0. The fourth-order valence-corrected chi connectivity index (χ4v) is 7.37. The second kappa shape index (κ2) is 10.9. The summed E-state index contributed by atoms with van der Waals surface area (Å²) in [6, 6.07) is 54.2. The van der Waals surface area contributed by atoms with Crippen molar-refractivity contribution in [3.8, 4) is 33.6 Å². The van der Waals surface area contributed by atoms with Crippen LogP contribution in [-0.2, 0) is 0 Å². The van der Waals surface area contributed by atoms with Crippen LogP contribution in [0.4, 0.5) is 11.4 Å². The molecule has 0 saturated carbocycles. The Morgan fingerprint density at radius 3 is 1.56 bits per heavy atom. The quantitative estimate of drug-likeness (QED) is 0.177. The van der Waals surface area contributed by atoms with E-state index in [4.69, 9.17) is 13.1 Å². The molecular formula is C44H26N4. The molecule has 0 unspecified atom stereocenters. The van der Waals surface area contributed by atoms with Crippen LogP contribution in [0.2, 0.25) is 0 Å². The van der Waals surface area contributed by atoms with Gasteiger partial charge in [-0.15, -0.1) is 0 Å². The molecular weight excluding hydrogens is 585 g/mol. The summed E-state index contributed by atoms with van der Waals surface area (Å²) >= 11 is 0. The zero-order chi connectivity index (χ0) is 32.2. The van der Waals surface area contributed by atoms with E-state index in [2.05, 4.69) is 140 Å². The molecule has 4 heteroatoms. The standard InChI is InChI=1S/C44H26N4/c1-45-37-19-11-17-31(29-25-27-30(28-26-29)47-39-21-7-5-15-34(39)35-18-12-20-38(46-2)44(35)47)43(37)36-16-6-10-24-42(36)48-40-22-8-3-13-32(40)33-14-4-9-23-41(33)48/h3-28H. The largest absolute Gasteiger partial charge is 0.319 e. The Morgan fingerprint density at radius 2 is 0.896 bits per heavy atom. The summed E-state index contributed by atoms with van der Waals surface area (Å²) < 4.78 is 4.51. The second-order valence-electron chi connectivity index (χ2n) is 11.9. The minimum absolute atomic E-state index is 0.605. The highest BCUT2D eigenvalue weighted by Crippen LogP contribution is 2.44. The topological polar surface area (TPSA) is 18.6 Å². The van der Waals surface area contributed by atoms with Gasteiger partial charge in [0, 0.05) is 21.8 Å². The third-order valence-corrected chi connectivity index (χ3v) is 9.39. The summed E-state index contributed by atoms with van der Waals surface area (Å²) in [5, 5.41) is 4.58. The Hall–Kier alpha value is -6.88. The van der Waals surface area contributed by atoms with Crippen LogP contribution in [-0.4, -0.2) is 9.13 Å². The average molecular weight is 611 g/mol. The van der Waals surface area contributed by atoms with Gasteiger partial charge in [-0.1, -0.05) is 121 Å². The zero-order valence-corrected chi connectivity index (χ0v) is 25.8. The van der Waals surface area contributed by atoms with E-state index in [0.29, 0.717) is 11.4 Å². The minimum atomic E-state index is 0.605. The van der Waals surface area contributed by atoms with Crippen molar-refractivity contribution in [2.45, 2.75) is 0 Å². The van der Waals surface area contributed by atoms with Gasteiger partial charge in [-0.25, -0.2) is 9.69 Å². The van der Waals surface area contributed by atoms with E-state index in [9.17, 15) is 0 Å². The van der Waals surface area contributed by atoms with Crippen molar-refractivity contribution in [1.82, 2.24) is 9.13 Å².